The second-order valence-corrected chi connectivity index (χ2v) is 8.73. The maximum absolute atomic E-state index is 13.2. The molecule has 5 heteroatoms. The highest BCUT2D eigenvalue weighted by Crippen LogP contribution is 2.31. The van der Waals surface area contributed by atoms with E-state index in [4.69, 9.17) is 0 Å². The van der Waals surface area contributed by atoms with Crippen LogP contribution in [0.2, 0.25) is 0 Å². The number of hydrogen-bond donors (Lipinski definition) is 2. The lowest BCUT2D eigenvalue weighted by molar-refractivity contribution is -0.127. The first-order valence-corrected chi connectivity index (χ1v) is 11.6. The molecule has 2 N–H and O–H groups in total. The number of hydrogen-bond acceptors (Lipinski definition) is 2. The topological polar surface area (TPSA) is 61.4 Å². The molecule has 0 spiro atoms. The monoisotopic (exact) mass is 441 g/mol. The van der Waals surface area contributed by atoms with Gasteiger partial charge >= 0.3 is 6.03 Å². The Morgan fingerprint density at radius 1 is 0.879 bits per heavy atom. The molecule has 0 radical (unpaired) electrons. The average molecular weight is 442 g/mol. The van der Waals surface area contributed by atoms with E-state index >= 15 is 0 Å². The fourth-order valence-electron chi connectivity index (χ4n) is 4.46. The first-order chi connectivity index (χ1) is 16.1. The third-order valence-electron chi connectivity index (χ3n) is 6.32. The number of urea groups is 1. The van der Waals surface area contributed by atoms with Crippen LogP contribution in [0.25, 0.3) is 0 Å². The van der Waals surface area contributed by atoms with Crippen molar-refractivity contribution in [3.63, 3.8) is 0 Å². The predicted molar refractivity (Wildman–Crippen MR) is 131 cm³/mol. The highest BCUT2D eigenvalue weighted by Gasteiger charge is 2.35. The van der Waals surface area contributed by atoms with Crippen molar-refractivity contribution in [2.75, 3.05) is 13.1 Å². The second kappa shape index (κ2) is 10.8. The summed E-state index contributed by atoms with van der Waals surface area (Å²) in [7, 11) is 0. The Morgan fingerprint density at radius 2 is 1.48 bits per heavy atom. The van der Waals surface area contributed by atoms with Crippen molar-refractivity contribution in [3.05, 3.63) is 108 Å². The maximum Gasteiger partial charge on any atom is 0.317 e. The second-order valence-electron chi connectivity index (χ2n) is 8.73. The molecule has 3 aromatic carbocycles. The van der Waals surface area contributed by atoms with Gasteiger partial charge in [-0.25, -0.2) is 4.79 Å². The third kappa shape index (κ3) is 6.01. The minimum absolute atomic E-state index is 0.00663. The van der Waals surface area contributed by atoms with Crippen molar-refractivity contribution >= 4 is 11.9 Å². The Hall–Kier alpha value is -3.60. The van der Waals surface area contributed by atoms with Crippen LogP contribution in [0.1, 0.15) is 42.0 Å². The largest absolute Gasteiger partial charge is 0.349 e. The fraction of sp³-hybridized carbons (Fsp3) is 0.286. The van der Waals surface area contributed by atoms with Crippen LogP contribution in [-0.4, -0.2) is 29.9 Å². The van der Waals surface area contributed by atoms with Crippen LogP contribution in [0, 0.1) is 5.92 Å². The lowest BCUT2D eigenvalue weighted by atomic mass is 9.84. The highest BCUT2D eigenvalue weighted by atomic mass is 16.2. The van der Waals surface area contributed by atoms with Gasteiger partial charge in [0.2, 0.25) is 5.91 Å². The number of carbonyl (C=O) groups excluding carboxylic acids is 2. The molecule has 3 atom stereocenters. The lowest BCUT2D eigenvalue weighted by Gasteiger charge is -2.37. The van der Waals surface area contributed by atoms with Crippen molar-refractivity contribution in [3.8, 4) is 0 Å². The van der Waals surface area contributed by atoms with E-state index in [1.807, 2.05) is 85.8 Å². The lowest BCUT2D eigenvalue weighted by Crippen LogP contribution is -2.51. The van der Waals surface area contributed by atoms with Crippen molar-refractivity contribution in [1.82, 2.24) is 15.5 Å². The Kier molecular flexibility index (Phi) is 7.40. The molecule has 3 aromatic rings. The molecule has 3 unspecified atom stereocenters. The maximum atomic E-state index is 13.2. The van der Waals surface area contributed by atoms with Gasteiger partial charge in [0.05, 0.1) is 12.0 Å². The van der Waals surface area contributed by atoms with Crippen LogP contribution in [0.5, 0.6) is 0 Å². The van der Waals surface area contributed by atoms with Gasteiger partial charge in [-0.2, -0.15) is 0 Å². The van der Waals surface area contributed by atoms with E-state index in [9.17, 15) is 9.59 Å². The molecule has 0 saturated carbocycles. The molecule has 33 heavy (non-hydrogen) atoms. The molecule has 3 amide bonds. The van der Waals surface area contributed by atoms with Gasteiger partial charge in [-0.3, -0.25) is 4.79 Å². The van der Waals surface area contributed by atoms with E-state index in [1.54, 1.807) is 4.90 Å². The van der Waals surface area contributed by atoms with Gasteiger partial charge in [-0.1, -0.05) is 91.0 Å². The van der Waals surface area contributed by atoms with E-state index in [0.717, 1.165) is 23.1 Å². The molecule has 170 valence electrons. The zero-order valence-electron chi connectivity index (χ0n) is 19.0. The summed E-state index contributed by atoms with van der Waals surface area (Å²) < 4.78 is 0. The fourth-order valence-corrected chi connectivity index (χ4v) is 4.46. The van der Waals surface area contributed by atoms with E-state index in [-0.39, 0.29) is 29.8 Å². The summed E-state index contributed by atoms with van der Waals surface area (Å²) in [6, 6.07) is 29.8. The van der Waals surface area contributed by atoms with Gasteiger partial charge < -0.3 is 15.5 Å². The molecule has 1 heterocycles. The first-order valence-electron chi connectivity index (χ1n) is 11.6. The molecule has 1 saturated heterocycles. The number of benzene rings is 3. The number of likely N-dealkylation sites (tertiary alicyclic amines) is 1. The Balaban J connectivity index is 1.46. The molecule has 1 fully saturated rings. The summed E-state index contributed by atoms with van der Waals surface area (Å²) in [4.78, 5) is 28.1. The molecular formula is C28H31N3O2. The number of piperidine rings is 1. The van der Waals surface area contributed by atoms with E-state index in [1.165, 1.54) is 0 Å². The Bertz CT molecular complexity index is 1040. The molecule has 4 rings (SSSR count). The summed E-state index contributed by atoms with van der Waals surface area (Å²) in [6.45, 7) is 3.48. The summed E-state index contributed by atoms with van der Waals surface area (Å²) in [5.41, 5.74) is 3.28. The van der Waals surface area contributed by atoms with Gasteiger partial charge in [0.15, 0.2) is 0 Å². The number of nitrogens with zero attached hydrogens (tertiary/aromatic N) is 1. The predicted octanol–water partition coefficient (Wildman–Crippen LogP) is 4.88. The number of carbonyl (C=O) groups is 2. The summed E-state index contributed by atoms with van der Waals surface area (Å²) in [5.74, 6) is -0.157. The van der Waals surface area contributed by atoms with Crippen LogP contribution in [-0.2, 0) is 11.3 Å². The minimum Gasteiger partial charge on any atom is -0.349 e. The van der Waals surface area contributed by atoms with Gasteiger partial charge in [0.25, 0.3) is 0 Å². The van der Waals surface area contributed by atoms with Crippen molar-refractivity contribution in [2.45, 2.75) is 31.8 Å². The van der Waals surface area contributed by atoms with Crippen LogP contribution in [0.4, 0.5) is 4.79 Å². The Morgan fingerprint density at radius 3 is 2.15 bits per heavy atom. The zero-order chi connectivity index (χ0) is 23.0. The van der Waals surface area contributed by atoms with Gasteiger partial charge in [-0.05, 0) is 30.0 Å². The standard InChI is InChI=1S/C28H31N3O2/c1-21(23-13-7-3-8-14-23)30-27(32)26-17-25(24-15-9-4-10-16-24)19-31(20-26)28(33)29-18-22-11-5-2-6-12-22/h2-16,21,25-26H,17-20H2,1H3,(H,29,33)(H,30,32). The normalized spacial score (nSPS) is 18.9. The van der Waals surface area contributed by atoms with E-state index in [2.05, 4.69) is 22.8 Å². The van der Waals surface area contributed by atoms with Crippen molar-refractivity contribution in [2.24, 2.45) is 5.92 Å². The number of nitrogens with one attached hydrogen (secondary N) is 2. The molecule has 0 aliphatic carbocycles. The molecule has 0 aromatic heterocycles. The van der Waals surface area contributed by atoms with Crippen LogP contribution in [0.3, 0.4) is 0 Å². The Labute approximate surface area is 195 Å². The minimum atomic E-state index is -0.266. The molecule has 1 aliphatic rings. The van der Waals surface area contributed by atoms with E-state index < -0.39 is 0 Å². The number of amides is 3. The van der Waals surface area contributed by atoms with Gasteiger partial charge in [0, 0.05) is 25.6 Å². The molecule has 0 bridgehead atoms. The van der Waals surface area contributed by atoms with Gasteiger partial charge in [-0.15, -0.1) is 0 Å². The molecule has 5 nitrogen and oxygen atoms in total. The van der Waals surface area contributed by atoms with Crippen LogP contribution >= 0.6 is 0 Å². The summed E-state index contributed by atoms with van der Waals surface area (Å²) in [6.07, 6.45) is 0.722. The molecule has 1 aliphatic heterocycles. The van der Waals surface area contributed by atoms with Crippen LogP contribution in [0.15, 0.2) is 91.0 Å². The zero-order valence-corrected chi connectivity index (χ0v) is 19.0. The quantitative estimate of drug-likeness (QED) is 0.573. The SMILES string of the molecule is CC(NC(=O)C1CC(c2ccccc2)CN(C(=O)NCc2ccccc2)C1)c1ccccc1. The number of rotatable bonds is 6. The van der Waals surface area contributed by atoms with Crippen molar-refractivity contribution in [1.29, 1.82) is 0 Å². The summed E-state index contributed by atoms with van der Waals surface area (Å²) >= 11 is 0. The van der Waals surface area contributed by atoms with Gasteiger partial charge in [0.1, 0.15) is 0 Å². The molecular weight excluding hydrogens is 410 g/mol. The summed E-state index contributed by atoms with van der Waals surface area (Å²) in [5, 5.41) is 6.18. The van der Waals surface area contributed by atoms with E-state index in [0.29, 0.717) is 19.6 Å². The first kappa shape index (κ1) is 22.6. The third-order valence-corrected chi connectivity index (χ3v) is 6.32. The highest BCUT2D eigenvalue weighted by molar-refractivity contribution is 5.81. The van der Waals surface area contributed by atoms with Crippen molar-refractivity contribution < 1.29 is 9.59 Å². The van der Waals surface area contributed by atoms with Crippen LogP contribution < -0.4 is 10.6 Å². The average Bonchev–Trinajstić information content (AvgIpc) is 2.88. The smallest absolute Gasteiger partial charge is 0.317 e.